The molecule has 0 aliphatic heterocycles. The van der Waals surface area contributed by atoms with Crippen LogP contribution in [0, 0.1) is 0 Å². The quantitative estimate of drug-likeness (QED) is 0.0272. The smallest absolute Gasteiger partial charge is 0.268 e. The van der Waals surface area contributed by atoms with Crippen molar-refractivity contribution in [2.45, 2.75) is 360 Å². The highest BCUT2D eigenvalue weighted by Crippen LogP contribution is 2.38. The van der Waals surface area contributed by atoms with Crippen LogP contribution in [0.15, 0.2) is 48.6 Å². The Kier molecular flexibility index (Phi) is 60.8. The lowest BCUT2D eigenvalue weighted by Gasteiger charge is -2.30. The van der Waals surface area contributed by atoms with Gasteiger partial charge in [0.15, 0.2) is 0 Å². The number of phosphoric acid groups is 1. The molecule has 0 fully saturated rings. The number of quaternary nitrogens is 1. The van der Waals surface area contributed by atoms with E-state index in [4.69, 9.17) is 9.05 Å². The number of unbranched alkanes of at least 4 members (excludes halogenated alkanes) is 44. The summed E-state index contributed by atoms with van der Waals surface area (Å²) in [6, 6.07) is -0.801. The SMILES string of the molecule is CC/C=C\C/C=C\C/C=C\C/C=C\CCCCCCCCCCCCCCCCCCCCCCC(=O)NC(COP(=O)([O-])OCC[N+](C)(C)C)C(O)CCCCCCCCCCCCCCCCCCCCCCCCCCC. The van der Waals surface area contributed by atoms with Crippen molar-refractivity contribution in [2.24, 2.45) is 0 Å². The standard InChI is InChI=1S/C71H137N2O6P/c1-6-8-10-12-14-16-18-20-22-24-26-28-30-32-33-34-35-36-37-38-39-41-43-45-47-49-51-53-55-57-59-61-63-65-71(75)72-69(68-79-80(76,77)78-67-66-73(3,4)5)70(74)64-62-60-58-56-54-52-50-48-46-44-42-40-31-29-27-25-23-21-19-17-15-13-11-9-7-2/h8,10,14,16,20,22,26,28,69-70,74H,6-7,9,11-13,15,17-19,21,23-25,27,29-68H2,1-5H3,(H-,72,75,76,77)/b10-8-,16-14-,22-20-,28-26-. The number of hydrogen-bond donors (Lipinski definition) is 2. The van der Waals surface area contributed by atoms with E-state index in [2.05, 4.69) is 67.8 Å². The maximum absolute atomic E-state index is 13.1. The zero-order chi connectivity index (χ0) is 58.4. The van der Waals surface area contributed by atoms with Gasteiger partial charge in [-0.15, -0.1) is 0 Å². The molecule has 0 rings (SSSR count). The summed E-state index contributed by atoms with van der Waals surface area (Å²) < 4.78 is 23.5. The topological polar surface area (TPSA) is 108 Å². The maximum Gasteiger partial charge on any atom is 0.268 e. The Bertz CT molecular complexity index is 1440. The third-order valence-corrected chi connectivity index (χ3v) is 17.0. The summed E-state index contributed by atoms with van der Waals surface area (Å²) >= 11 is 0. The van der Waals surface area contributed by atoms with Gasteiger partial charge in [0.2, 0.25) is 5.91 Å². The van der Waals surface area contributed by atoms with Crippen LogP contribution in [0.3, 0.4) is 0 Å². The Morgan fingerprint density at radius 1 is 0.450 bits per heavy atom. The first-order valence-electron chi connectivity index (χ1n) is 35.0. The van der Waals surface area contributed by atoms with Crippen LogP contribution in [-0.2, 0) is 18.4 Å². The Hall–Kier alpha value is -1.54. The second-order valence-electron chi connectivity index (χ2n) is 25.2. The summed E-state index contributed by atoms with van der Waals surface area (Å²) in [5.74, 6) is -0.158. The molecule has 0 bridgehead atoms. The molecule has 0 aliphatic rings. The van der Waals surface area contributed by atoms with Crippen LogP contribution in [0.25, 0.3) is 0 Å². The van der Waals surface area contributed by atoms with Crippen LogP contribution in [0.4, 0.5) is 0 Å². The molecule has 0 saturated heterocycles. The minimum Gasteiger partial charge on any atom is -0.756 e. The Morgan fingerprint density at radius 3 is 1.11 bits per heavy atom. The van der Waals surface area contributed by atoms with E-state index >= 15 is 0 Å². The number of nitrogens with one attached hydrogen (secondary N) is 1. The molecule has 0 aromatic carbocycles. The molecule has 3 atom stereocenters. The summed E-state index contributed by atoms with van der Waals surface area (Å²) in [5.41, 5.74) is 0. The number of aliphatic hydroxyl groups is 1. The van der Waals surface area contributed by atoms with Gasteiger partial charge < -0.3 is 28.8 Å². The largest absolute Gasteiger partial charge is 0.756 e. The molecular formula is C71H137N2O6P. The highest BCUT2D eigenvalue weighted by atomic mass is 31.2. The second-order valence-corrected chi connectivity index (χ2v) is 26.6. The number of carbonyl (C=O) groups excluding carboxylic acids is 1. The van der Waals surface area contributed by atoms with Crippen LogP contribution in [0.5, 0.6) is 0 Å². The minimum absolute atomic E-state index is 0.0138. The van der Waals surface area contributed by atoms with Crippen LogP contribution < -0.4 is 10.2 Å². The summed E-state index contributed by atoms with van der Waals surface area (Å²) in [4.78, 5) is 25.7. The van der Waals surface area contributed by atoms with Gasteiger partial charge in [-0.1, -0.05) is 339 Å². The number of phosphoric ester groups is 1. The third kappa shape index (κ3) is 64.0. The van der Waals surface area contributed by atoms with Crippen molar-refractivity contribution in [2.75, 3.05) is 40.9 Å². The Labute approximate surface area is 499 Å². The maximum atomic E-state index is 13.1. The minimum atomic E-state index is -4.58. The van der Waals surface area contributed by atoms with Gasteiger partial charge in [-0.05, 0) is 51.4 Å². The molecule has 0 spiro atoms. The predicted octanol–water partition coefficient (Wildman–Crippen LogP) is 21.6. The van der Waals surface area contributed by atoms with Gasteiger partial charge in [-0.25, -0.2) is 0 Å². The van der Waals surface area contributed by atoms with Gasteiger partial charge >= 0.3 is 0 Å². The highest BCUT2D eigenvalue weighted by molar-refractivity contribution is 7.45. The molecule has 0 aromatic rings. The summed E-state index contributed by atoms with van der Waals surface area (Å²) in [6.07, 6.45) is 83.3. The zero-order valence-electron chi connectivity index (χ0n) is 54.0. The monoisotopic (exact) mass is 1150 g/mol. The van der Waals surface area contributed by atoms with Gasteiger partial charge in [-0.2, -0.15) is 0 Å². The predicted molar refractivity (Wildman–Crippen MR) is 348 cm³/mol. The Morgan fingerprint density at radius 2 is 0.762 bits per heavy atom. The third-order valence-electron chi connectivity index (χ3n) is 16.1. The van der Waals surface area contributed by atoms with Crippen LogP contribution >= 0.6 is 7.82 Å². The van der Waals surface area contributed by atoms with Crippen LogP contribution in [0.1, 0.15) is 348 Å². The molecule has 80 heavy (non-hydrogen) atoms. The number of rotatable bonds is 65. The lowest BCUT2D eigenvalue weighted by atomic mass is 10.0. The van der Waals surface area contributed by atoms with Crippen LogP contribution in [-0.4, -0.2) is 68.5 Å². The van der Waals surface area contributed by atoms with E-state index in [1.54, 1.807) is 0 Å². The van der Waals surface area contributed by atoms with E-state index in [1.165, 1.54) is 257 Å². The first-order chi connectivity index (χ1) is 39.0. The van der Waals surface area contributed by atoms with Gasteiger partial charge in [0.05, 0.1) is 39.9 Å². The number of allylic oxidation sites excluding steroid dienone is 8. The number of hydrogen-bond acceptors (Lipinski definition) is 6. The van der Waals surface area contributed by atoms with Crippen molar-refractivity contribution in [1.29, 1.82) is 0 Å². The number of carbonyl (C=O) groups is 1. The molecule has 0 heterocycles. The second kappa shape index (κ2) is 62.0. The number of likely N-dealkylation sites (N-methyl/N-ethyl adjacent to an activating group) is 1. The summed E-state index contributed by atoms with van der Waals surface area (Å²) in [6.45, 7) is 4.66. The van der Waals surface area contributed by atoms with Crippen molar-refractivity contribution in [3.8, 4) is 0 Å². The van der Waals surface area contributed by atoms with Crippen molar-refractivity contribution in [3.05, 3.63) is 48.6 Å². The molecule has 472 valence electrons. The van der Waals surface area contributed by atoms with E-state index in [9.17, 15) is 19.4 Å². The number of nitrogens with zero attached hydrogens (tertiary/aromatic N) is 1. The molecule has 1 amide bonds. The fourth-order valence-electron chi connectivity index (χ4n) is 10.7. The lowest BCUT2D eigenvalue weighted by Crippen LogP contribution is -2.46. The molecular weight excluding hydrogens is 1010 g/mol. The van der Waals surface area contributed by atoms with E-state index in [0.717, 1.165) is 64.2 Å². The van der Waals surface area contributed by atoms with Crippen molar-refractivity contribution in [3.63, 3.8) is 0 Å². The number of aliphatic hydroxyl groups excluding tert-OH is 1. The fourth-order valence-corrected chi connectivity index (χ4v) is 11.4. The number of amides is 1. The van der Waals surface area contributed by atoms with Crippen LogP contribution in [0.2, 0.25) is 0 Å². The normalized spacial score (nSPS) is 13.9. The highest BCUT2D eigenvalue weighted by Gasteiger charge is 2.24. The average Bonchev–Trinajstić information content (AvgIpc) is 3.42. The first-order valence-corrected chi connectivity index (χ1v) is 36.4. The molecule has 0 aromatic heterocycles. The Balaban J connectivity index is 3.99. The summed E-state index contributed by atoms with van der Waals surface area (Å²) in [7, 11) is 1.32. The van der Waals surface area contributed by atoms with Gasteiger partial charge in [0.1, 0.15) is 13.2 Å². The van der Waals surface area contributed by atoms with E-state index in [1.807, 2.05) is 21.1 Å². The van der Waals surface area contributed by atoms with Crippen molar-refractivity contribution < 1.29 is 32.9 Å². The summed E-state index contributed by atoms with van der Waals surface area (Å²) in [5, 5.41) is 14.1. The van der Waals surface area contributed by atoms with Gasteiger partial charge in [0, 0.05) is 6.42 Å². The zero-order valence-corrected chi connectivity index (χ0v) is 54.9. The molecule has 2 N–H and O–H groups in total. The average molecular weight is 1150 g/mol. The van der Waals surface area contributed by atoms with E-state index < -0.39 is 20.0 Å². The van der Waals surface area contributed by atoms with Gasteiger partial charge in [0.25, 0.3) is 7.82 Å². The van der Waals surface area contributed by atoms with Gasteiger partial charge in [-0.3, -0.25) is 9.36 Å². The molecule has 0 aliphatic carbocycles. The molecule has 9 heteroatoms. The van der Waals surface area contributed by atoms with E-state index in [-0.39, 0.29) is 19.1 Å². The fraction of sp³-hybridized carbons (Fsp3) is 0.873. The molecule has 0 saturated carbocycles. The van der Waals surface area contributed by atoms with E-state index in [0.29, 0.717) is 23.9 Å². The lowest BCUT2D eigenvalue weighted by molar-refractivity contribution is -0.870. The van der Waals surface area contributed by atoms with Crippen molar-refractivity contribution in [1.82, 2.24) is 5.32 Å². The van der Waals surface area contributed by atoms with Crippen molar-refractivity contribution >= 4 is 13.7 Å². The molecule has 3 unspecified atom stereocenters. The first kappa shape index (κ1) is 78.5. The molecule has 8 nitrogen and oxygen atoms in total. The molecule has 0 radical (unpaired) electrons.